The molecule has 0 bridgehead atoms. The lowest BCUT2D eigenvalue weighted by atomic mass is 9.92. The number of hydrogen-bond acceptors (Lipinski definition) is 5. The van der Waals surface area contributed by atoms with Gasteiger partial charge in [0.05, 0.1) is 6.61 Å². The maximum atomic E-state index is 11.5. The van der Waals surface area contributed by atoms with Gasteiger partial charge >= 0.3 is 6.16 Å². The zero-order valence-corrected chi connectivity index (χ0v) is 18.4. The molecule has 0 saturated heterocycles. The molecule has 168 valence electrons. The van der Waals surface area contributed by atoms with Crippen LogP contribution in [-0.4, -0.2) is 35.4 Å². The molecule has 1 aromatic heterocycles. The van der Waals surface area contributed by atoms with Crippen LogP contribution in [-0.2, 0) is 11.2 Å². The van der Waals surface area contributed by atoms with Crippen LogP contribution < -0.4 is 10.1 Å². The molecule has 0 amide bonds. The third-order valence-corrected chi connectivity index (χ3v) is 5.92. The van der Waals surface area contributed by atoms with Crippen molar-refractivity contribution < 1.29 is 19.4 Å². The summed E-state index contributed by atoms with van der Waals surface area (Å²) in [5.74, 6) is 0.0213. The maximum Gasteiger partial charge on any atom is 0.513 e. The second-order valence-corrected chi connectivity index (χ2v) is 8.11. The van der Waals surface area contributed by atoms with E-state index in [0.29, 0.717) is 6.04 Å². The zero-order valence-electron chi connectivity index (χ0n) is 18.4. The summed E-state index contributed by atoms with van der Waals surface area (Å²) in [4.78, 5) is 14.7. The number of phenols is 1. The minimum Gasteiger partial charge on any atom is -0.504 e. The van der Waals surface area contributed by atoms with Crippen LogP contribution in [0.1, 0.15) is 43.7 Å². The Morgan fingerprint density at radius 3 is 2.84 bits per heavy atom. The Balaban J connectivity index is 1.30. The van der Waals surface area contributed by atoms with Crippen molar-refractivity contribution in [3.8, 4) is 11.5 Å². The number of benzene rings is 2. The van der Waals surface area contributed by atoms with Gasteiger partial charge in [-0.15, -0.1) is 0 Å². The van der Waals surface area contributed by atoms with Crippen molar-refractivity contribution in [2.45, 2.75) is 45.1 Å². The summed E-state index contributed by atoms with van der Waals surface area (Å²) < 4.78 is 9.84. The van der Waals surface area contributed by atoms with Gasteiger partial charge in [0, 0.05) is 35.8 Å². The third-order valence-electron chi connectivity index (χ3n) is 5.92. The lowest BCUT2D eigenvalue weighted by Gasteiger charge is -2.24. The molecule has 0 radical (unpaired) electrons. The number of unbranched alkanes of at least 4 members (excludes halogenated alkanes) is 1. The summed E-state index contributed by atoms with van der Waals surface area (Å²) >= 11 is 0. The first-order valence-corrected chi connectivity index (χ1v) is 11.3. The van der Waals surface area contributed by atoms with Crippen LogP contribution in [0.4, 0.5) is 4.79 Å². The summed E-state index contributed by atoms with van der Waals surface area (Å²) in [5, 5.41) is 14.8. The number of aromatic hydroxyl groups is 1. The van der Waals surface area contributed by atoms with Gasteiger partial charge in [0.25, 0.3) is 0 Å². The van der Waals surface area contributed by atoms with Crippen LogP contribution in [0.5, 0.6) is 11.5 Å². The fourth-order valence-corrected chi connectivity index (χ4v) is 4.29. The van der Waals surface area contributed by atoms with Gasteiger partial charge in [-0.2, -0.15) is 0 Å². The Kier molecular flexibility index (Phi) is 7.12. The highest BCUT2D eigenvalue weighted by molar-refractivity contribution is 5.87. The predicted molar refractivity (Wildman–Crippen MR) is 126 cm³/mol. The van der Waals surface area contributed by atoms with Crippen LogP contribution in [0.15, 0.2) is 54.7 Å². The second-order valence-electron chi connectivity index (χ2n) is 8.11. The summed E-state index contributed by atoms with van der Waals surface area (Å²) in [5.41, 5.74) is 4.73. The molecule has 1 aliphatic rings. The van der Waals surface area contributed by atoms with Crippen molar-refractivity contribution in [3.63, 3.8) is 0 Å². The number of ether oxygens (including phenoxy) is 2. The first-order chi connectivity index (χ1) is 15.6. The number of aromatic nitrogens is 1. The third kappa shape index (κ3) is 5.32. The minimum atomic E-state index is -0.824. The van der Waals surface area contributed by atoms with Crippen LogP contribution in [0.3, 0.4) is 0 Å². The molecule has 0 saturated carbocycles. The molecular formula is C26H30N2O4. The highest BCUT2D eigenvalue weighted by atomic mass is 16.7. The van der Waals surface area contributed by atoms with Crippen LogP contribution in [0.25, 0.3) is 16.5 Å². The van der Waals surface area contributed by atoms with Gasteiger partial charge < -0.3 is 24.9 Å². The lowest BCUT2D eigenvalue weighted by Crippen LogP contribution is -2.32. The van der Waals surface area contributed by atoms with Gasteiger partial charge in [-0.05, 0) is 55.4 Å². The highest BCUT2D eigenvalue weighted by Gasteiger charge is 2.16. The smallest absolute Gasteiger partial charge is 0.504 e. The molecule has 1 atom stereocenters. The van der Waals surface area contributed by atoms with E-state index in [0.717, 1.165) is 55.1 Å². The largest absolute Gasteiger partial charge is 0.513 e. The molecule has 0 fully saturated rings. The highest BCUT2D eigenvalue weighted by Crippen LogP contribution is 2.33. The molecule has 1 unspecified atom stereocenters. The van der Waals surface area contributed by atoms with Gasteiger partial charge in [-0.1, -0.05) is 42.8 Å². The molecule has 32 heavy (non-hydrogen) atoms. The van der Waals surface area contributed by atoms with E-state index < -0.39 is 6.16 Å². The Labute approximate surface area is 188 Å². The molecule has 0 aliphatic carbocycles. The summed E-state index contributed by atoms with van der Waals surface area (Å²) in [6.45, 7) is 2.84. The summed E-state index contributed by atoms with van der Waals surface area (Å²) in [6, 6.07) is 14.4. The molecule has 3 N–H and O–H groups in total. The number of fused-ring (bicyclic) bond motifs is 1. The topological polar surface area (TPSA) is 83.6 Å². The average Bonchev–Trinajstić information content (AvgIpc) is 3.19. The number of aryl methyl sites for hydroxylation is 1. The Bertz CT molecular complexity index is 1090. The number of nitrogens with one attached hydrogen (secondary N) is 2. The minimum absolute atomic E-state index is 0.0713. The fourth-order valence-electron chi connectivity index (χ4n) is 4.29. The van der Waals surface area contributed by atoms with Crippen molar-refractivity contribution in [2.24, 2.45) is 0 Å². The molecule has 2 aromatic carbocycles. The van der Waals surface area contributed by atoms with Gasteiger partial charge in [-0.25, -0.2) is 4.79 Å². The van der Waals surface area contributed by atoms with E-state index in [4.69, 9.17) is 9.47 Å². The van der Waals surface area contributed by atoms with Crippen molar-refractivity contribution in [1.82, 2.24) is 10.3 Å². The predicted octanol–water partition coefficient (Wildman–Crippen LogP) is 5.57. The van der Waals surface area contributed by atoms with Gasteiger partial charge in [-0.3, -0.25) is 0 Å². The van der Waals surface area contributed by atoms with E-state index in [9.17, 15) is 9.90 Å². The van der Waals surface area contributed by atoms with E-state index in [1.54, 1.807) is 19.1 Å². The van der Waals surface area contributed by atoms with E-state index in [-0.39, 0.29) is 18.1 Å². The average molecular weight is 435 g/mol. The Hall–Kier alpha value is -3.25. The lowest BCUT2D eigenvalue weighted by molar-refractivity contribution is 0.103. The zero-order chi connectivity index (χ0) is 22.3. The molecule has 2 heterocycles. The molecule has 6 nitrogen and oxygen atoms in total. The fraction of sp³-hybridized carbons (Fsp3) is 0.346. The number of rotatable bonds is 8. The van der Waals surface area contributed by atoms with E-state index >= 15 is 0 Å². The standard InChI is InChI=1S/C26H30N2O4/c1-2-31-26(30)32-25-16-23-22(15-24(25)29)20(17-28-23)10-6-7-11-21-14-19(12-13-27-21)18-8-4-3-5-9-18/h3-5,8-9,12,15-17,21,27-29H,2,6-7,10-11,13-14H2,1H3. The second kappa shape index (κ2) is 10.4. The van der Waals surface area contributed by atoms with Crippen molar-refractivity contribution in [1.29, 1.82) is 0 Å². The monoisotopic (exact) mass is 434 g/mol. The first-order valence-electron chi connectivity index (χ1n) is 11.3. The van der Waals surface area contributed by atoms with Gasteiger partial charge in [0.1, 0.15) is 0 Å². The number of hydrogen-bond donors (Lipinski definition) is 3. The summed E-state index contributed by atoms with van der Waals surface area (Å²) in [6.07, 6.45) is 8.75. The van der Waals surface area contributed by atoms with E-state index in [1.807, 2.05) is 6.20 Å². The number of carbonyl (C=O) groups excluding carboxylic acids is 1. The SMILES string of the molecule is CCOC(=O)Oc1cc2[nH]cc(CCCCC3CC(c4ccccc4)=CCN3)c2cc1O. The van der Waals surface area contributed by atoms with Gasteiger partial charge in [0.15, 0.2) is 11.5 Å². The molecule has 3 aromatic rings. The van der Waals surface area contributed by atoms with Crippen molar-refractivity contribution in [3.05, 3.63) is 65.9 Å². The molecular weight excluding hydrogens is 404 g/mol. The van der Waals surface area contributed by atoms with Crippen molar-refractivity contribution in [2.75, 3.05) is 13.2 Å². The van der Waals surface area contributed by atoms with E-state index in [2.05, 4.69) is 46.7 Å². The Morgan fingerprint density at radius 2 is 2.03 bits per heavy atom. The van der Waals surface area contributed by atoms with Crippen LogP contribution in [0, 0.1) is 0 Å². The first kappa shape index (κ1) is 22.0. The van der Waals surface area contributed by atoms with E-state index in [1.165, 1.54) is 11.1 Å². The number of phenolic OH excluding ortho intramolecular Hbond substituents is 1. The summed E-state index contributed by atoms with van der Waals surface area (Å²) in [7, 11) is 0. The number of H-pyrrole nitrogens is 1. The number of carbonyl (C=O) groups is 1. The quantitative estimate of drug-likeness (QED) is 0.245. The molecule has 1 aliphatic heterocycles. The van der Waals surface area contributed by atoms with Gasteiger partial charge in [0.2, 0.25) is 0 Å². The van der Waals surface area contributed by atoms with Crippen LogP contribution >= 0.6 is 0 Å². The van der Waals surface area contributed by atoms with Crippen molar-refractivity contribution >= 4 is 22.6 Å². The Morgan fingerprint density at radius 1 is 1.19 bits per heavy atom. The van der Waals surface area contributed by atoms with Crippen LogP contribution in [0.2, 0.25) is 0 Å². The number of aromatic amines is 1. The molecule has 6 heteroatoms. The molecule has 0 spiro atoms. The normalized spacial score (nSPS) is 16.0. The maximum absolute atomic E-state index is 11.5. The molecule has 4 rings (SSSR count).